The topological polar surface area (TPSA) is 24.9 Å². The average Bonchev–Trinajstić information content (AvgIpc) is 2.71. The van der Waals surface area contributed by atoms with Gasteiger partial charge in [-0.3, -0.25) is 0 Å². The molecule has 0 spiro atoms. The van der Waals surface area contributed by atoms with Crippen LogP contribution in [-0.4, -0.2) is 10.5 Å². The molecule has 0 atom stereocenters. The molecule has 2 nitrogen and oxygen atoms in total. The van der Waals surface area contributed by atoms with Gasteiger partial charge in [-0.25, -0.2) is 4.98 Å². The number of thiazole rings is 1. The zero-order valence-electron chi connectivity index (χ0n) is 9.89. The summed E-state index contributed by atoms with van der Waals surface area (Å²) in [7, 11) is 0. The van der Waals surface area contributed by atoms with Gasteiger partial charge in [0.2, 0.25) is 0 Å². The van der Waals surface area contributed by atoms with Crippen LogP contribution in [0.25, 0.3) is 0 Å². The monoisotopic (exact) mass is 224 g/mol. The quantitative estimate of drug-likeness (QED) is 0.853. The number of rotatable bonds is 3. The van der Waals surface area contributed by atoms with Crippen LogP contribution >= 0.6 is 11.3 Å². The Morgan fingerprint density at radius 2 is 2.00 bits per heavy atom. The standard InChI is InChI=1S/C12H20N2S/c1-9-11(15-10(2)14-9)8-13-12(3)6-4-5-7-12/h13H,4-8H2,1-3H3. The highest BCUT2D eigenvalue weighted by Gasteiger charge is 2.27. The molecule has 0 amide bonds. The lowest BCUT2D eigenvalue weighted by molar-refractivity contribution is 0.364. The Balaban J connectivity index is 1.95. The molecule has 0 aliphatic heterocycles. The highest BCUT2D eigenvalue weighted by atomic mass is 32.1. The van der Waals surface area contributed by atoms with Crippen LogP contribution in [-0.2, 0) is 6.54 Å². The molecule has 1 heterocycles. The van der Waals surface area contributed by atoms with E-state index in [2.05, 4.69) is 31.1 Å². The zero-order chi connectivity index (χ0) is 10.9. The van der Waals surface area contributed by atoms with E-state index in [0.29, 0.717) is 5.54 Å². The molecule has 1 aliphatic rings. The van der Waals surface area contributed by atoms with E-state index in [1.54, 1.807) is 0 Å². The molecule has 84 valence electrons. The van der Waals surface area contributed by atoms with E-state index < -0.39 is 0 Å². The van der Waals surface area contributed by atoms with E-state index in [-0.39, 0.29) is 0 Å². The first kappa shape index (κ1) is 11.1. The normalized spacial score (nSPS) is 19.7. The van der Waals surface area contributed by atoms with Crippen molar-refractivity contribution in [2.75, 3.05) is 0 Å². The maximum Gasteiger partial charge on any atom is 0.0900 e. The number of aryl methyl sites for hydroxylation is 2. The fraction of sp³-hybridized carbons (Fsp3) is 0.750. The van der Waals surface area contributed by atoms with Gasteiger partial charge in [0.25, 0.3) is 0 Å². The summed E-state index contributed by atoms with van der Waals surface area (Å²) < 4.78 is 0. The Hall–Kier alpha value is -0.410. The number of nitrogens with one attached hydrogen (secondary N) is 1. The predicted molar refractivity (Wildman–Crippen MR) is 65.3 cm³/mol. The molecule has 1 saturated carbocycles. The molecule has 1 aliphatic carbocycles. The minimum Gasteiger partial charge on any atom is -0.307 e. The van der Waals surface area contributed by atoms with Crippen LogP contribution in [0, 0.1) is 13.8 Å². The lowest BCUT2D eigenvalue weighted by Crippen LogP contribution is -2.38. The maximum absolute atomic E-state index is 4.46. The van der Waals surface area contributed by atoms with E-state index in [1.165, 1.54) is 41.3 Å². The van der Waals surface area contributed by atoms with Crippen LogP contribution in [0.2, 0.25) is 0 Å². The first-order valence-corrected chi connectivity index (χ1v) is 6.59. The minimum absolute atomic E-state index is 0.379. The smallest absolute Gasteiger partial charge is 0.0900 e. The van der Waals surface area contributed by atoms with Crippen LogP contribution in [0.1, 0.15) is 48.2 Å². The van der Waals surface area contributed by atoms with Gasteiger partial charge in [0.1, 0.15) is 0 Å². The van der Waals surface area contributed by atoms with E-state index in [9.17, 15) is 0 Å². The van der Waals surface area contributed by atoms with Gasteiger partial charge in [0.05, 0.1) is 10.7 Å². The number of hydrogen-bond donors (Lipinski definition) is 1. The third-order valence-electron chi connectivity index (χ3n) is 3.38. The van der Waals surface area contributed by atoms with Crippen LogP contribution in [0.15, 0.2) is 0 Å². The average molecular weight is 224 g/mol. The van der Waals surface area contributed by atoms with Crippen molar-refractivity contribution in [2.24, 2.45) is 0 Å². The molecule has 1 N–H and O–H groups in total. The zero-order valence-corrected chi connectivity index (χ0v) is 10.7. The number of aromatic nitrogens is 1. The van der Waals surface area contributed by atoms with Crippen molar-refractivity contribution in [3.05, 3.63) is 15.6 Å². The molecule has 0 aromatic carbocycles. The molecule has 0 bridgehead atoms. The Bertz CT molecular complexity index is 337. The molecule has 2 rings (SSSR count). The van der Waals surface area contributed by atoms with Crippen molar-refractivity contribution in [2.45, 2.75) is 58.5 Å². The summed E-state index contributed by atoms with van der Waals surface area (Å²) in [5.74, 6) is 0. The third-order valence-corrected chi connectivity index (χ3v) is 4.46. The molecular formula is C12H20N2S. The first-order chi connectivity index (χ1) is 7.09. The molecular weight excluding hydrogens is 204 g/mol. The summed E-state index contributed by atoms with van der Waals surface area (Å²) in [6, 6.07) is 0. The fourth-order valence-corrected chi connectivity index (χ4v) is 3.24. The molecule has 0 unspecified atom stereocenters. The summed E-state index contributed by atoms with van der Waals surface area (Å²) in [6.07, 6.45) is 5.40. The van der Waals surface area contributed by atoms with E-state index in [1.807, 2.05) is 11.3 Å². The lowest BCUT2D eigenvalue weighted by Gasteiger charge is -2.25. The van der Waals surface area contributed by atoms with Gasteiger partial charge in [0, 0.05) is 17.0 Å². The van der Waals surface area contributed by atoms with Gasteiger partial charge < -0.3 is 5.32 Å². The minimum atomic E-state index is 0.379. The van der Waals surface area contributed by atoms with Crippen molar-refractivity contribution in [1.29, 1.82) is 0 Å². The van der Waals surface area contributed by atoms with Crippen LogP contribution in [0.4, 0.5) is 0 Å². The second-order valence-corrected chi connectivity index (χ2v) is 6.15. The van der Waals surface area contributed by atoms with Crippen molar-refractivity contribution in [3.63, 3.8) is 0 Å². The van der Waals surface area contributed by atoms with E-state index in [4.69, 9.17) is 0 Å². The molecule has 0 radical (unpaired) electrons. The maximum atomic E-state index is 4.46. The number of nitrogens with zero attached hydrogens (tertiary/aromatic N) is 1. The highest BCUT2D eigenvalue weighted by Crippen LogP contribution is 2.29. The lowest BCUT2D eigenvalue weighted by atomic mass is 10.0. The molecule has 0 saturated heterocycles. The summed E-state index contributed by atoms with van der Waals surface area (Å²) in [6.45, 7) is 7.53. The molecule has 3 heteroatoms. The fourth-order valence-electron chi connectivity index (χ4n) is 2.36. The summed E-state index contributed by atoms with van der Waals surface area (Å²) in [4.78, 5) is 5.86. The van der Waals surface area contributed by atoms with Crippen LogP contribution in [0.5, 0.6) is 0 Å². The largest absolute Gasteiger partial charge is 0.307 e. The Labute approximate surface area is 96.1 Å². The summed E-state index contributed by atoms with van der Waals surface area (Å²) in [5.41, 5.74) is 1.58. The van der Waals surface area contributed by atoms with Gasteiger partial charge in [0.15, 0.2) is 0 Å². The molecule has 1 fully saturated rings. The van der Waals surface area contributed by atoms with Gasteiger partial charge in [-0.2, -0.15) is 0 Å². The van der Waals surface area contributed by atoms with Crippen molar-refractivity contribution in [3.8, 4) is 0 Å². The van der Waals surface area contributed by atoms with E-state index >= 15 is 0 Å². The SMILES string of the molecule is Cc1nc(C)c(CNC2(C)CCCC2)s1. The van der Waals surface area contributed by atoms with E-state index in [0.717, 1.165) is 6.54 Å². The molecule has 1 aromatic heterocycles. The Morgan fingerprint density at radius 3 is 2.53 bits per heavy atom. The van der Waals surface area contributed by atoms with Gasteiger partial charge >= 0.3 is 0 Å². The Kier molecular flexibility index (Phi) is 3.12. The molecule has 1 aromatic rings. The predicted octanol–water partition coefficient (Wildman–Crippen LogP) is 3.18. The first-order valence-electron chi connectivity index (χ1n) is 5.77. The second-order valence-electron chi connectivity index (χ2n) is 4.86. The van der Waals surface area contributed by atoms with Crippen LogP contribution in [0.3, 0.4) is 0 Å². The van der Waals surface area contributed by atoms with Crippen molar-refractivity contribution >= 4 is 11.3 Å². The highest BCUT2D eigenvalue weighted by molar-refractivity contribution is 7.11. The van der Waals surface area contributed by atoms with Crippen molar-refractivity contribution in [1.82, 2.24) is 10.3 Å². The summed E-state index contributed by atoms with van der Waals surface area (Å²) >= 11 is 1.82. The second kappa shape index (κ2) is 4.22. The van der Waals surface area contributed by atoms with Crippen molar-refractivity contribution < 1.29 is 0 Å². The Morgan fingerprint density at radius 1 is 1.33 bits per heavy atom. The van der Waals surface area contributed by atoms with Gasteiger partial charge in [-0.15, -0.1) is 11.3 Å². The number of hydrogen-bond acceptors (Lipinski definition) is 3. The molecule has 15 heavy (non-hydrogen) atoms. The van der Waals surface area contributed by atoms with Gasteiger partial charge in [-0.1, -0.05) is 12.8 Å². The summed E-state index contributed by atoms with van der Waals surface area (Å²) in [5, 5.41) is 4.88. The third kappa shape index (κ3) is 2.58. The van der Waals surface area contributed by atoms with Crippen LogP contribution < -0.4 is 5.32 Å². The van der Waals surface area contributed by atoms with Gasteiger partial charge in [-0.05, 0) is 33.6 Å².